The maximum Gasteiger partial charge on any atom is 0.325 e. The van der Waals surface area contributed by atoms with Crippen LogP contribution in [-0.2, 0) is 0 Å². The largest absolute Gasteiger partial charge is 0.489 e. The fourth-order valence-electron chi connectivity index (χ4n) is 3.38. The van der Waals surface area contributed by atoms with Gasteiger partial charge in [0.05, 0.1) is 11.7 Å². The van der Waals surface area contributed by atoms with Crippen molar-refractivity contribution in [3.63, 3.8) is 0 Å². The average molecular weight is 375 g/mol. The van der Waals surface area contributed by atoms with E-state index in [-0.39, 0.29) is 30.1 Å². The second kappa shape index (κ2) is 6.98. The zero-order valence-corrected chi connectivity index (χ0v) is 14.8. The summed E-state index contributed by atoms with van der Waals surface area (Å²) in [5.74, 6) is -1.05. The summed E-state index contributed by atoms with van der Waals surface area (Å²) in [7, 11) is 0. The fourth-order valence-corrected chi connectivity index (χ4v) is 3.38. The lowest BCUT2D eigenvalue weighted by molar-refractivity contribution is 0.189. The molecule has 2 aromatic rings. The van der Waals surface area contributed by atoms with E-state index in [1.165, 1.54) is 4.90 Å². The Morgan fingerprint density at radius 1 is 1.19 bits per heavy atom. The molecule has 0 bridgehead atoms. The Kier molecular flexibility index (Phi) is 4.51. The minimum absolute atomic E-state index is 0.179. The predicted molar refractivity (Wildman–Crippen MR) is 95.0 cm³/mol. The molecule has 1 saturated heterocycles. The lowest BCUT2D eigenvalue weighted by atomic mass is 10.1. The highest BCUT2D eigenvalue weighted by Gasteiger charge is 2.35. The molecular weight excluding hydrogens is 356 g/mol. The summed E-state index contributed by atoms with van der Waals surface area (Å²) in [6, 6.07) is 5.18. The topological polar surface area (TPSA) is 61.8 Å². The van der Waals surface area contributed by atoms with E-state index in [0.717, 1.165) is 18.0 Å². The van der Waals surface area contributed by atoms with Crippen molar-refractivity contribution in [1.82, 2.24) is 15.1 Å². The van der Waals surface area contributed by atoms with Crippen LogP contribution in [0.3, 0.4) is 0 Å². The van der Waals surface area contributed by atoms with Gasteiger partial charge in [-0.1, -0.05) is 0 Å². The summed E-state index contributed by atoms with van der Waals surface area (Å²) in [6.07, 6.45) is 1.61. The van der Waals surface area contributed by atoms with Gasteiger partial charge >= 0.3 is 6.03 Å². The van der Waals surface area contributed by atoms with E-state index in [1.807, 2.05) is 19.1 Å². The Morgan fingerprint density at radius 2 is 1.93 bits per heavy atom. The molecule has 0 N–H and O–H groups in total. The molecule has 2 aliphatic rings. The van der Waals surface area contributed by atoms with E-state index >= 15 is 0 Å². The van der Waals surface area contributed by atoms with Crippen LogP contribution in [0.1, 0.15) is 6.92 Å². The molecule has 7 nitrogen and oxygen atoms in total. The molecule has 0 unspecified atom stereocenters. The molecule has 9 heteroatoms. The number of aromatic nitrogens is 2. The number of hydrogen-bond donors (Lipinski definition) is 0. The summed E-state index contributed by atoms with van der Waals surface area (Å²) in [6.45, 7) is 4.28. The highest BCUT2D eigenvalue weighted by Crippen LogP contribution is 2.36. The first-order valence-corrected chi connectivity index (χ1v) is 8.77. The highest BCUT2D eigenvalue weighted by molar-refractivity contribution is 5.95. The van der Waals surface area contributed by atoms with E-state index < -0.39 is 11.6 Å². The van der Waals surface area contributed by atoms with Crippen LogP contribution < -0.4 is 14.5 Å². The third-order valence-corrected chi connectivity index (χ3v) is 4.82. The molecule has 2 amide bonds. The highest BCUT2D eigenvalue weighted by atomic mass is 19.2. The number of ether oxygens (including phenoxy) is 1. The molecule has 0 spiro atoms. The molecule has 2 aliphatic heterocycles. The van der Waals surface area contributed by atoms with Crippen molar-refractivity contribution in [2.45, 2.75) is 13.0 Å². The molecular formula is C18H19F2N5O2. The molecule has 1 aromatic heterocycles. The minimum Gasteiger partial charge on any atom is -0.489 e. The smallest absolute Gasteiger partial charge is 0.325 e. The van der Waals surface area contributed by atoms with E-state index in [0.29, 0.717) is 26.2 Å². The van der Waals surface area contributed by atoms with Gasteiger partial charge in [0.25, 0.3) is 0 Å². The van der Waals surface area contributed by atoms with Gasteiger partial charge in [-0.2, -0.15) is 5.10 Å². The summed E-state index contributed by atoms with van der Waals surface area (Å²) < 4.78 is 32.7. The average Bonchev–Trinajstić information content (AvgIpc) is 2.70. The van der Waals surface area contributed by atoms with Crippen LogP contribution in [0.4, 0.5) is 25.1 Å². The number of benzene rings is 1. The van der Waals surface area contributed by atoms with E-state index in [9.17, 15) is 13.6 Å². The molecule has 27 heavy (non-hydrogen) atoms. The Bertz CT molecular complexity index is 843. The van der Waals surface area contributed by atoms with E-state index in [1.54, 1.807) is 11.1 Å². The lowest BCUT2D eigenvalue weighted by Crippen LogP contribution is -2.56. The Morgan fingerprint density at radius 3 is 2.63 bits per heavy atom. The first-order chi connectivity index (χ1) is 13.0. The number of anilines is 2. The van der Waals surface area contributed by atoms with Gasteiger partial charge in [-0.05, 0) is 19.1 Å². The van der Waals surface area contributed by atoms with Gasteiger partial charge in [-0.15, -0.1) is 5.10 Å². The van der Waals surface area contributed by atoms with Gasteiger partial charge in [0.15, 0.2) is 17.5 Å². The number of hydrogen-bond acceptors (Lipinski definition) is 5. The van der Waals surface area contributed by atoms with Crippen molar-refractivity contribution in [3.8, 4) is 5.75 Å². The van der Waals surface area contributed by atoms with Crippen LogP contribution in [0.5, 0.6) is 5.75 Å². The summed E-state index contributed by atoms with van der Waals surface area (Å²) in [4.78, 5) is 18.4. The zero-order valence-electron chi connectivity index (χ0n) is 14.8. The normalized spacial score (nSPS) is 19.5. The second-order valence-corrected chi connectivity index (χ2v) is 6.60. The van der Waals surface area contributed by atoms with Gasteiger partial charge < -0.3 is 14.5 Å². The summed E-state index contributed by atoms with van der Waals surface area (Å²) >= 11 is 0. The van der Waals surface area contributed by atoms with Crippen molar-refractivity contribution < 1.29 is 18.3 Å². The van der Waals surface area contributed by atoms with Crippen LogP contribution in [-0.4, -0.2) is 60.0 Å². The molecule has 0 aliphatic carbocycles. The molecule has 0 saturated carbocycles. The van der Waals surface area contributed by atoms with Crippen molar-refractivity contribution in [2.24, 2.45) is 0 Å². The second-order valence-electron chi connectivity index (χ2n) is 6.60. The van der Waals surface area contributed by atoms with Gasteiger partial charge in [0.1, 0.15) is 12.4 Å². The first kappa shape index (κ1) is 17.4. The monoisotopic (exact) mass is 375 g/mol. The maximum atomic E-state index is 13.7. The van der Waals surface area contributed by atoms with Crippen LogP contribution in [0.15, 0.2) is 30.5 Å². The number of urea groups is 1. The number of rotatable bonds is 1. The SMILES string of the molecule is C[C@H]1COc2cc(F)c(F)cc2N1C(=O)N1CCN(c2cccnn2)CC1. The van der Waals surface area contributed by atoms with E-state index in [2.05, 4.69) is 15.1 Å². The van der Waals surface area contributed by atoms with Gasteiger partial charge in [-0.25, -0.2) is 13.6 Å². The molecule has 1 aromatic carbocycles. The number of halogens is 2. The van der Waals surface area contributed by atoms with Gasteiger partial charge in [-0.3, -0.25) is 4.90 Å². The number of piperazine rings is 1. The molecule has 142 valence electrons. The van der Waals surface area contributed by atoms with Crippen LogP contribution in [0.2, 0.25) is 0 Å². The number of fused-ring (bicyclic) bond motifs is 1. The van der Waals surface area contributed by atoms with Crippen molar-refractivity contribution in [1.29, 1.82) is 0 Å². The van der Waals surface area contributed by atoms with Crippen LogP contribution >= 0.6 is 0 Å². The Hall–Kier alpha value is -2.97. The quantitative estimate of drug-likeness (QED) is 0.765. The minimum atomic E-state index is -1.00. The number of carbonyl (C=O) groups excluding carboxylic acids is 1. The Labute approximate surface area is 155 Å². The number of carbonyl (C=O) groups is 1. The third kappa shape index (κ3) is 3.24. The standard InChI is InChI=1S/C18H19F2N5O2/c1-12-11-27-16-10-14(20)13(19)9-15(16)25(12)18(26)24-7-5-23(6-8-24)17-3-2-4-21-22-17/h2-4,9-10,12H,5-8,11H2,1H3/t12-/m0/s1. The third-order valence-electron chi connectivity index (χ3n) is 4.82. The molecule has 0 radical (unpaired) electrons. The molecule has 1 fully saturated rings. The van der Waals surface area contributed by atoms with Crippen LogP contribution in [0, 0.1) is 11.6 Å². The van der Waals surface area contributed by atoms with Crippen molar-refractivity contribution >= 4 is 17.5 Å². The summed E-state index contributed by atoms with van der Waals surface area (Å²) in [5, 5.41) is 7.97. The first-order valence-electron chi connectivity index (χ1n) is 8.77. The van der Waals surface area contributed by atoms with E-state index in [4.69, 9.17) is 4.74 Å². The predicted octanol–water partition coefficient (Wildman–Crippen LogP) is 2.28. The Balaban J connectivity index is 1.51. The fraction of sp³-hybridized carbons (Fsp3) is 0.389. The lowest BCUT2D eigenvalue weighted by Gasteiger charge is -2.41. The number of nitrogens with zero attached hydrogens (tertiary/aromatic N) is 5. The maximum absolute atomic E-state index is 13.7. The molecule has 4 rings (SSSR count). The van der Waals surface area contributed by atoms with Gasteiger partial charge in [0, 0.05) is 44.5 Å². The summed E-state index contributed by atoms with van der Waals surface area (Å²) in [5.41, 5.74) is 0.258. The van der Waals surface area contributed by atoms with Crippen molar-refractivity contribution in [2.75, 3.05) is 42.6 Å². The van der Waals surface area contributed by atoms with Crippen LogP contribution in [0.25, 0.3) is 0 Å². The molecule has 3 heterocycles. The number of amides is 2. The molecule has 1 atom stereocenters. The zero-order chi connectivity index (χ0) is 19.0. The van der Waals surface area contributed by atoms with Gasteiger partial charge in [0.2, 0.25) is 0 Å². The van der Waals surface area contributed by atoms with Crippen molar-refractivity contribution in [3.05, 3.63) is 42.1 Å².